The van der Waals surface area contributed by atoms with Crippen LogP contribution in [0.15, 0.2) is 27.6 Å². The minimum atomic E-state index is -3.61. The van der Waals surface area contributed by atoms with Crippen LogP contribution in [-0.4, -0.2) is 25.5 Å². The lowest BCUT2D eigenvalue weighted by Crippen LogP contribution is -2.27. The lowest BCUT2D eigenvalue weighted by Gasteiger charge is -2.09. The molecule has 1 aliphatic carbocycles. The Morgan fingerprint density at radius 1 is 1.50 bits per heavy atom. The van der Waals surface area contributed by atoms with Gasteiger partial charge in [-0.2, -0.15) is 0 Å². The topological polar surface area (TPSA) is 83.5 Å². The van der Waals surface area contributed by atoms with Crippen molar-refractivity contribution < 1.29 is 18.3 Å². The number of benzene rings is 1. The van der Waals surface area contributed by atoms with Gasteiger partial charge in [-0.15, -0.1) is 0 Å². The maximum absolute atomic E-state index is 12.2. The molecule has 2 atom stereocenters. The molecule has 2 rings (SSSR count). The molecule has 0 radical (unpaired) electrons. The van der Waals surface area contributed by atoms with E-state index in [0.717, 1.165) is 19.3 Å². The average molecular weight is 362 g/mol. The van der Waals surface area contributed by atoms with Crippen LogP contribution in [0.5, 0.6) is 0 Å². The molecule has 0 saturated heterocycles. The van der Waals surface area contributed by atoms with Gasteiger partial charge in [-0.3, -0.25) is 0 Å². The van der Waals surface area contributed by atoms with E-state index in [2.05, 4.69) is 27.6 Å². The van der Waals surface area contributed by atoms with E-state index < -0.39 is 16.0 Å². The summed E-state index contributed by atoms with van der Waals surface area (Å²) in [5.74, 6) is -0.667. The Balaban J connectivity index is 2.16. The van der Waals surface area contributed by atoms with E-state index in [-0.39, 0.29) is 21.0 Å². The maximum Gasteiger partial charge on any atom is 0.335 e. The second-order valence-electron chi connectivity index (χ2n) is 4.96. The SMILES string of the molecule is CCCC1CC1NS(=O)(=O)c1ccc(C(=O)O)cc1Br. The van der Waals surface area contributed by atoms with Gasteiger partial charge in [-0.1, -0.05) is 13.3 Å². The predicted octanol–water partition coefficient (Wildman–Crippen LogP) is 2.61. The summed E-state index contributed by atoms with van der Waals surface area (Å²) in [5, 5.41) is 8.87. The zero-order chi connectivity index (χ0) is 14.9. The number of hydrogen-bond acceptors (Lipinski definition) is 3. The molecule has 110 valence electrons. The van der Waals surface area contributed by atoms with Gasteiger partial charge in [0.25, 0.3) is 0 Å². The van der Waals surface area contributed by atoms with Crippen LogP contribution in [0.2, 0.25) is 0 Å². The summed E-state index contributed by atoms with van der Waals surface area (Å²) in [4.78, 5) is 10.9. The standard InChI is InChI=1S/C13H16BrNO4S/c1-2-3-8-7-11(8)15-20(18,19)12-5-4-9(13(16)17)6-10(12)14/h4-6,8,11,15H,2-3,7H2,1H3,(H,16,17). The monoisotopic (exact) mass is 361 g/mol. The summed E-state index contributed by atoms with van der Waals surface area (Å²) < 4.78 is 27.4. The summed E-state index contributed by atoms with van der Waals surface area (Å²) in [5.41, 5.74) is 0.0473. The number of sulfonamides is 1. The van der Waals surface area contributed by atoms with Crippen LogP contribution in [-0.2, 0) is 10.0 Å². The van der Waals surface area contributed by atoms with Crippen LogP contribution in [0.3, 0.4) is 0 Å². The Labute approximate surface area is 126 Å². The van der Waals surface area contributed by atoms with E-state index >= 15 is 0 Å². The summed E-state index contributed by atoms with van der Waals surface area (Å²) in [6, 6.07) is 3.91. The third-order valence-corrected chi connectivity index (χ3v) is 5.82. The van der Waals surface area contributed by atoms with Crippen LogP contribution in [0, 0.1) is 5.92 Å². The minimum Gasteiger partial charge on any atom is -0.478 e. The van der Waals surface area contributed by atoms with Crippen molar-refractivity contribution in [2.75, 3.05) is 0 Å². The number of aromatic carboxylic acids is 1. The van der Waals surface area contributed by atoms with Crippen LogP contribution < -0.4 is 4.72 Å². The predicted molar refractivity (Wildman–Crippen MR) is 78.2 cm³/mol. The smallest absolute Gasteiger partial charge is 0.335 e. The summed E-state index contributed by atoms with van der Waals surface area (Å²) in [6.07, 6.45) is 2.93. The molecule has 2 unspecified atom stereocenters. The third-order valence-electron chi connectivity index (χ3n) is 3.36. The van der Waals surface area contributed by atoms with Crippen molar-refractivity contribution in [3.05, 3.63) is 28.2 Å². The number of halogens is 1. The molecule has 1 fully saturated rings. The van der Waals surface area contributed by atoms with Crippen LogP contribution in [0.4, 0.5) is 0 Å². The van der Waals surface area contributed by atoms with Gasteiger partial charge in [-0.25, -0.2) is 17.9 Å². The Morgan fingerprint density at radius 3 is 2.75 bits per heavy atom. The fraction of sp³-hybridized carbons (Fsp3) is 0.462. The fourth-order valence-corrected chi connectivity index (χ4v) is 4.59. The maximum atomic E-state index is 12.2. The van der Waals surface area contributed by atoms with Gasteiger partial charge < -0.3 is 5.11 Å². The van der Waals surface area contributed by atoms with Crippen molar-refractivity contribution in [1.29, 1.82) is 0 Å². The van der Waals surface area contributed by atoms with Crippen molar-refractivity contribution >= 4 is 31.9 Å². The van der Waals surface area contributed by atoms with E-state index in [4.69, 9.17) is 5.11 Å². The molecule has 1 saturated carbocycles. The molecule has 7 heteroatoms. The van der Waals surface area contributed by atoms with E-state index in [1.807, 2.05) is 0 Å². The zero-order valence-electron chi connectivity index (χ0n) is 11.0. The lowest BCUT2D eigenvalue weighted by atomic mass is 10.2. The van der Waals surface area contributed by atoms with Gasteiger partial charge >= 0.3 is 5.97 Å². The molecular weight excluding hydrogens is 346 g/mol. The molecular formula is C13H16BrNO4S. The molecule has 0 aromatic heterocycles. The van der Waals surface area contributed by atoms with E-state index in [1.165, 1.54) is 18.2 Å². The van der Waals surface area contributed by atoms with Crippen molar-refractivity contribution in [3.63, 3.8) is 0 Å². The highest BCUT2D eigenvalue weighted by Gasteiger charge is 2.39. The van der Waals surface area contributed by atoms with Crippen molar-refractivity contribution in [2.45, 2.75) is 37.1 Å². The number of rotatable bonds is 6. The number of nitrogens with one attached hydrogen (secondary N) is 1. The molecule has 0 aliphatic heterocycles. The Kier molecular flexibility index (Phi) is 4.51. The first kappa shape index (κ1) is 15.5. The zero-order valence-corrected chi connectivity index (χ0v) is 13.4. The molecule has 0 amide bonds. The first-order chi connectivity index (χ1) is 9.35. The average Bonchev–Trinajstić information content (AvgIpc) is 3.06. The largest absolute Gasteiger partial charge is 0.478 e. The molecule has 1 aliphatic rings. The normalized spacial score (nSPS) is 21.7. The van der Waals surface area contributed by atoms with Gasteiger partial charge in [-0.05, 0) is 52.9 Å². The second kappa shape index (κ2) is 5.83. The Morgan fingerprint density at radius 2 is 2.20 bits per heavy atom. The number of carboxylic acids is 1. The van der Waals surface area contributed by atoms with Crippen molar-refractivity contribution in [2.24, 2.45) is 5.92 Å². The minimum absolute atomic E-state index is 0.00556. The summed E-state index contributed by atoms with van der Waals surface area (Å²) in [6.45, 7) is 2.07. The Hall–Kier alpha value is -0.920. The third kappa shape index (κ3) is 3.39. The highest BCUT2D eigenvalue weighted by Crippen LogP contribution is 2.36. The van der Waals surface area contributed by atoms with Crippen molar-refractivity contribution in [1.82, 2.24) is 4.72 Å². The lowest BCUT2D eigenvalue weighted by molar-refractivity contribution is 0.0696. The number of carboxylic acid groups (broad SMARTS) is 1. The quantitative estimate of drug-likeness (QED) is 0.815. The molecule has 5 nitrogen and oxygen atoms in total. The van der Waals surface area contributed by atoms with Crippen molar-refractivity contribution in [3.8, 4) is 0 Å². The van der Waals surface area contributed by atoms with Crippen LogP contribution >= 0.6 is 15.9 Å². The molecule has 0 spiro atoms. The molecule has 2 N–H and O–H groups in total. The molecule has 0 bridgehead atoms. The number of carbonyl (C=O) groups is 1. The van der Waals surface area contributed by atoms with Crippen LogP contribution in [0.25, 0.3) is 0 Å². The van der Waals surface area contributed by atoms with E-state index in [0.29, 0.717) is 5.92 Å². The van der Waals surface area contributed by atoms with E-state index in [1.54, 1.807) is 0 Å². The second-order valence-corrected chi connectivity index (χ2v) is 7.50. The summed E-state index contributed by atoms with van der Waals surface area (Å²) in [7, 11) is -3.61. The molecule has 1 aromatic rings. The van der Waals surface area contributed by atoms with Gasteiger partial charge in [0.2, 0.25) is 10.0 Å². The summed E-state index contributed by atoms with van der Waals surface area (Å²) >= 11 is 3.12. The first-order valence-electron chi connectivity index (χ1n) is 6.40. The van der Waals surface area contributed by atoms with E-state index in [9.17, 15) is 13.2 Å². The number of hydrogen-bond donors (Lipinski definition) is 2. The first-order valence-corrected chi connectivity index (χ1v) is 8.68. The van der Waals surface area contributed by atoms with Crippen LogP contribution in [0.1, 0.15) is 36.5 Å². The highest BCUT2D eigenvalue weighted by atomic mass is 79.9. The Bertz CT molecular complexity index is 629. The highest BCUT2D eigenvalue weighted by molar-refractivity contribution is 9.10. The molecule has 1 aromatic carbocycles. The van der Waals surface area contributed by atoms with Gasteiger partial charge in [0.05, 0.1) is 10.5 Å². The van der Waals surface area contributed by atoms with Gasteiger partial charge in [0, 0.05) is 10.5 Å². The molecule has 20 heavy (non-hydrogen) atoms. The van der Waals surface area contributed by atoms with Gasteiger partial charge in [0.1, 0.15) is 0 Å². The van der Waals surface area contributed by atoms with Gasteiger partial charge in [0.15, 0.2) is 0 Å². The fourth-order valence-electron chi connectivity index (χ4n) is 2.20. The molecule has 0 heterocycles.